The van der Waals surface area contributed by atoms with Crippen molar-refractivity contribution in [2.45, 2.75) is 12.3 Å². The molecule has 2 rings (SSSR count). The number of methoxy groups -OCH3 is 1. The van der Waals surface area contributed by atoms with E-state index >= 15 is 0 Å². The minimum Gasteiger partial charge on any atom is -0.496 e. The van der Waals surface area contributed by atoms with Crippen molar-refractivity contribution in [2.75, 3.05) is 7.11 Å². The fourth-order valence-electron chi connectivity index (χ4n) is 1.88. The van der Waals surface area contributed by atoms with Gasteiger partial charge in [-0.2, -0.15) is 0 Å². The van der Waals surface area contributed by atoms with E-state index in [0.29, 0.717) is 10.0 Å². The lowest BCUT2D eigenvalue weighted by Gasteiger charge is -2.14. The molecule has 0 fully saturated rings. The van der Waals surface area contributed by atoms with E-state index in [2.05, 4.69) is 0 Å². The Hall–Kier alpha value is -0.890. The molecule has 0 aliphatic carbocycles. The molecular weight excluding hydrogens is 303 g/mol. The third-order valence-corrected chi connectivity index (χ3v) is 4.01. The number of alkyl halides is 1. The summed E-state index contributed by atoms with van der Waals surface area (Å²) in [5, 5.41) is 0.824. The van der Waals surface area contributed by atoms with Gasteiger partial charge in [0.25, 0.3) is 0 Å². The highest BCUT2D eigenvalue weighted by Crippen LogP contribution is 2.36. The zero-order chi connectivity index (χ0) is 14.0. The molecule has 0 heterocycles. The molecule has 1 atom stereocenters. The van der Waals surface area contributed by atoms with Crippen molar-refractivity contribution in [2.24, 2.45) is 0 Å². The number of halogens is 3. The Morgan fingerprint density at radius 2 is 1.79 bits per heavy atom. The second-order valence-electron chi connectivity index (χ2n) is 4.26. The summed E-state index contributed by atoms with van der Waals surface area (Å²) in [6.07, 6.45) is 0. The molecule has 0 N–H and O–H groups in total. The van der Waals surface area contributed by atoms with Crippen molar-refractivity contribution in [1.29, 1.82) is 0 Å². The van der Waals surface area contributed by atoms with Gasteiger partial charge in [0, 0.05) is 10.0 Å². The molecule has 0 aliphatic heterocycles. The SMILES string of the molecule is COc1cc(C(Cl)c2ccc(Cl)cc2Cl)ccc1C. The smallest absolute Gasteiger partial charge is 0.122 e. The second-order valence-corrected chi connectivity index (χ2v) is 5.54. The molecule has 0 saturated heterocycles. The van der Waals surface area contributed by atoms with Crippen molar-refractivity contribution in [3.05, 3.63) is 63.1 Å². The standard InChI is InChI=1S/C15H13Cl3O/c1-9-3-4-10(7-14(9)19-2)15(18)12-6-5-11(16)8-13(12)17/h3-8,15H,1-2H3. The molecule has 0 radical (unpaired) electrons. The summed E-state index contributed by atoms with van der Waals surface area (Å²) in [6, 6.07) is 11.2. The predicted octanol–water partition coefficient (Wildman–Crippen LogP) is 5.64. The number of rotatable bonds is 3. The first-order valence-corrected chi connectivity index (χ1v) is 6.95. The van der Waals surface area contributed by atoms with Crippen molar-refractivity contribution in [3.8, 4) is 5.75 Å². The van der Waals surface area contributed by atoms with E-state index in [1.165, 1.54) is 0 Å². The van der Waals surface area contributed by atoms with Crippen molar-refractivity contribution in [3.63, 3.8) is 0 Å². The van der Waals surface area contributed by atoms with Gasteiger partial charge in [-0.25, -0.2) is 0 Å². The first kappa shape index (κ1) is 14.5. The number of hydrogen-bond acceptors (Lipinski definition) is 1. The van der Waals surface area contributed by atoms with Crippen LogP contribution in [0.25, 0.3) is 0 Å². The summed E-state index contributed by atoms with van der Waals surface area (Å²) < 4.78 is 5.31. The maximum atomic E-state index is 6.49. The first-order chi connectivity index (χ1) is 9.02. The van der Waals surface area contributed by atoms with E-state index in [9.17, 15) is 0 Å². The molecule has 2 aromatic rings. The molecule has 2 aromatic carbocycles. The topological polar surface area (TPSA) is 9.23 Å². The Morgan fingerprint density at radius 1 is 1.05 bits per heavy atom. The molecule has 4 heteroatoms. The van der Waals surface area contributed by atoms with Gasteiger partial charge in [-0.3, -0.25) is 0 Å². The van der Waals surface area contributed by atoms with Crippen LogP contribution in [-0.4, -0.2) is 7.11 Å². The average Bonchev–Trinajstić information content (AvgIpc) is 2.38. The molecular formula is C15H13Cl3O. The summed E-state index contributed by atoms with van der Waals surface area (Å²) >= 11 is 18.6. The lowest BCUT2D eigenvalue weighted by atomic mass is 10.0. The van der Waals surface area contributed by atoms with Gasteiger partial charge in [-0.15, -0.1) is 11.6 Å². The summed E-state index contributed by atoms with van der Waals surface area (Å²) in [7, 11) is 1.64. The van der Waals surface area contributed by atoms with Crippen molar-refractivity contribution in [1.82, 2.24) is 0 Å². The van der Waals surface area contributed by atoms with Crippen LogP contribution in [0.5, 0.6) is 5.75 Å². The number of benzene rings is 2. The van der Waals surface area contributed by atoms with Crippen LogP contribution in [0.4, 0.5) is 0 Å². The Kier molecular flexibility index (Phi) is 4.62. The average molecular weight is 316 g/mol. The van der Waals surface area contributed by atoms with Crippen LogP contribution in [0.1, 0.15) is 22.1 Å². The second kappa shape index (κ2) is 6.04. The maximum Gasteiger partial charge on any atom is 0.122 e. The lowest BCUT2D eigenvalue weighted by Crippen LogP contribution is -1.96. The molecule has 0 saturated carbocycles. The van der Waals surface area contributed by atoms with Gasteiger partial charge < -0.3 is 4.74 Å². The Morgan fingerprint density at radius 3 is 2.42 bits per heavy atom. The quantitative estimate of drug-likeness (QED) is 0.666. The molecule has 0 aliphatic rings. The van der Waals surface area contributed by atoms with Crippen LogP contribution in [0, 0.1) is 6.92 Å². The van der Waals surface area contributed by atoms with Crippen LogP contribution in [0.2, 0.25) is 10.0 Å². The predicted molar refractivity (Wildman–Crippen MR) is 81.9 cm³/mol. The highest BCUT2D eigenvalue weighted by atomic mass is 35.5. The van der Waals surface area contributed by atoms with E-state index in [1.54, 1.807) is 19.2 Å². The van der Waals surface area contributed by atoms with E-state index < -0.39 is 0 Å². The minimum absolute atomic E-state index is 0.334. The minimum atomic E-state index is -0.334. The van der Waals surface area contributed by atoms with Crippen LogP contribution in [0.3, 0.4) is 0 Å². The zero-order valence-corrected chi connectivity index (χ0v) is 12.9. The van der Waals surface area contributed by atoms with Crippen LogP contribution in [-0.2, 0) is 0 Å². The summed E-state index contributed by atoms with van der Waals surface area (Å²) in [5.41, 5.74) is 2.84. The normalized spacial score (nSPS) is 12.3. The third-order valence-electron chi connectivity index (χ3n) is 2.96. The molecule has 0 amide bonds. The molecule has 0 aromatic heterocycles. The van der Waals surface area contributed by atoms with Crippen LogP contribution in [0.15, 0.2) is 36.4 Å². The van der Waals surface area contributed by atoms with E-state index in [0.717, 1.165) is 22.4 Å². The largest absolute Gasteiger partial charge is 0.496 e. The van der Waals surface area contributed by atoms with E-state index in [4.69, 9.17) is 39.5 Å². The van der Waals surface area contributed by atoms with E-state index in [1.807, 2.05) is 31.2 Å². The Bertz CT molecular complexity index is 596. The Labute approximate surface area is 128 Å². The van der Waals surface area contributed by atoms with Gasteiger partial charge in [-0.1, -0.05) is 41.4 Å². The summed E-state index contributed by atoms with van der Waals surface area (Å²) in [4.78, 5) is 0. The Balaban J connectivity index is 2.40. The fourth-order valence-corrected chi connectivity index (χ4v) is 2.78. The first-order valence-electron chi connectivity index (χ1n) is 5.76. The highest BCUT2D eigenvalue weighted by molar-refractivity contribution is 6.36. The van der Waals surface area contributed by atoms with Gasteiger partial charge >= 0.3 is 0 Å². The van der Waals surface area contributed by atoms with Gasteiger partial charge in [0.1, 0.15) is 5.75 Å². The van der Waals surface area contributed by atoms with Gasteiger partial charge in [0.15, 0.2) is 0 Å². The summed E-state index contributed by atoms with van der Waals surface area (Å²) in [6.45, 7) is 1.99. The molecule has 19 heavy (non-hydrogen) atoms. The van der Waals surface area contributed by atoms with Gasteiger partial charge in [-0.05, 0) is 41.8 Å². The summed E-state index contributed by atoms with van der Waals surface area (Å²) in [5.74, 6) is 0.813. The molecule has 1 unspecified atom stereocenters. The van der Waals surface area contributed by atoms with Crippen molar-refractivity contribution < 1.29 is 4.74 Å². The van der Waals surface area contributed by atoms with E-state index in [-0.39, 0.29) is 5.38 Å². The number of hydrogen-bond donors (Lipinski definition) is 0. The molecule has 100 valence electrons. The van der Waals surface area contributed by atoms with Crippen molar-refractivity contribution >= 4 is 34.8 Å². The van der Waals surface area contributed by atoms with Crippen LogP contribution >= 0.6 is 34.8 Å². The maximum absolute atomic E-state index is 6.49. The lowest BCUT2D eigenvalue weighted by molar-refractivity contribution is 0.411. The molecule has 1 nitrogen and oxygen atoms in total. The number of ether oxygens (including phenoxy) is 1. The van der Waals surface area contributed by atoms with Crippen LogP contribution < -0.4 is 4.74 Å². The fraction of sp³-hybridized carbons (Fsp3) is 0.200. The molecule has 0 spiro atoms. The molecule has 0 bridgehead atoms. The third kappa shape index (κ3) is 3.17. The zero-order valence-electron chi connectivity index (χ0n) is 10.6. The van der Waals surface area contributed by atoms with Gasteiger partial charge in [0.2, 0.25) is 0 Å². The number of aryl methyl sites for hydroxylation is 1. The van der Waals surface area contributed by atoms with Gasteiger partial charge in [0.05, 0.1) is 12.5 Å². The monoisotopic (exact) mass is 314 g/mol. The highest BCUT2D eigenvalue weighted by Gasteiger charge is 2.15.